The first-order chi connectivity index (χ1) is 17.1. The van der Waals surface area contributed by atoms with E-state index in [0.717, 1.165) is 50.4 Å². The van der Waals surface area contributed by atoms with E-state index >= 15 is 0 Å². The summed E-state index contributed by atoms with van der Waals surface area (Å²) < 4.78 is 0. The number of ketones is 3. The molecule has 3 saturated heterocycles. The molecule has 0 unspecified atom stereocenters. The largest absolute Gasteiger partial charge is 2.00 e. The van der Waals surface area contributed by atoms with E-state index in [1.54, 1.807) is 12.2 Å². The zero-order chi connectivity index (χ0) is 24.2. The van der Waals surface area contributed by atoms with Crippen molar-refractivity contribution in [3.05, 3.63) is 107 Å². The molecular weight excluding hydrogens is 616 g/mol. The van der Waals surface area contributed by atoms with Gasteiger partial charge in [0.1, 0.15) is 11.4 Å². The summed E-state index contributed by atoms with van der Waals surface area (Å²) in [6.45, 7) is 5.41. The number of hydrogen-bond donors (Lipinski definition) is 0. The predicted molar refractivity (Wildman–Crippen MR) is 136 cm³/mol. The summed E-state index contributed by atoms with van der Waals surface area (Å²) in [5.74, 6) is 0.0371. The molecule has 0 atom stereocenters. The molecule has 9 heteroatoms. The van der Waals surface area contributed by atoms with Crippen molar-refractivity contribution in [1.29, 1.82) is 0 Å². The van der Waals surface area contributed by atoms with Crippen LogP contribution >= 0.6 is 0 Å². The molecule has 38 heavy (non-hydrogen) atoms. The number of carbonyl (C=O) groups is 3. The molecule has 0 saturated carbocycles. The average Bonchev–Trinajstić information content (AvgIpc) is 3.72. The fourth-order valence-electron chi connectivity index (χ4n) is 3.82. The maximum atomic E-state index is 12.4. The van der Waals surface area contributed by atoms with Gasteiger partial charge in [0.15, 0.2) is 5.78 Å². The number of allylic oxidation sites excluding steroid dienone is 3. The van der Waals surface area contributed by atoms with Crippen LogP contribution in [0.4, 0.5) is 0 Å². The minimum atomic E-state index is -0.0114. The Morgan fingerprint density at radius 1 is 0.632 bits per heavy atom. The zero-order valence-electron chi connectivity index (χ0n) is 20.5. The van der Waals surface area contributed by atoms with Gasteiger partial charge in [-0.1, -0.05) is 72.8 Å². The quantitative estimate of drug-likeness (QED) is 0.141. The van der Waals surface area contributed by atoms with Crippen LogP contribution in [-0.2, 0) is 34.8 Å². The van der Waals surface area contributed by atoms with Crippen LogP contribution in [0.2, 0.25) is 0 Å². The fraction of sp³-hybridized carbons (Fsp3) is 0.207. The second-order valence-corrected chi connectivity index (χ2v) is 8.77. The molecule has 1 aliphatic carbocycles. The first-order valence-electron chi connectivity index (χ1n) is 11.9. The van der Waals surface area contributed by atoms with Crippen LogP contribution in [0.3, 0.4) is 0 Å². The zero-order valence-corrected chi connectivity index (χ0v) is 23.6. The van der Waals surface area contributed by atoms with Gasteiger partial charge in [-0.3, -0.25) is 14.4 Å². The molecule has 0 N–H and O–H groups in total. The van der Waals surface area contributed by atoms with Gasteiger partial charge >= 0.3 is 20.4 Å². The smallest absolute Gasteiger partial charge is 1.00 e. The van der Waals surface area contributed by atoms with Crippen molar-refractivity contribution in [2.45, 2.75) is 0 Å². The van der Waals surface area contributed by atoms with E-state index in [4.69, 9.17) is 0 Å². The normalized spacial score (nSPS) is 17.2. The molecule has 0 aromatic heterocycles. The maximum Gasteiger partial charge on any atom is 2.00 e. The van der Waals surface area contributed by atoms with Crippen molar-refractivity contribution in [2.24, 2.45) is 0 Å². The SMILES string of the molecule is O=C(/C=C\c1ccccc1)/C=C/c1ccccc1.O=C1C=C(N2CC2)C(=O)C(N2CC2)=C1N1CC1.[Cl-].[Cl-].[Pd+2]. The monoisotopic (exact) mass is 641 g/mol. The molecule has 2 aromatic rings. The summed E-state index contributed by atoms with van der Waals surface area (Å²) in [7, 11) is 0. The number of halogens is 2. The number of benzene rings is 2. The van der Waals surface area contributed by atoms with E-state index in [0.29, 0.717) is 17.1 Å². The van der Waals surface area contributed by atoms with Gasteiger partial charge in [0.25, 0.3) is 0 Å². The Labute approximate surface area is 249 Å². The summed E-state index contributed by atoms with van der Waals surface area (Å²) >= 11 is 0. The summed E-state index contributed by atoms with van der Waals surface area (Å²) in [5.41, 5.74) is 3.94. The van der Waals surface area contributed by atoms with Crippen molar-refractivity contribution in [1.82, 2.24) is 14.7 Å². The minimum absolute atomic E-state index is 0. The van der Waals surface area contributed by atoms with Crippen molar-refractivity contribution in [3.63, 3.8) is 0 Å². The van der Waals surface area contributed by atoms with E-state index in [-0.39, 0.29) is 62.6 Å². The van der Waals surface area contributed by atoms with Crippen LogP contribution in [-0.4, -0.2) is 71.3 Å². The van der Waals surface area contributed by atoms with Crippen molar-refractivity contribution in [3.8, 4) is 0 Å². The Bertz CT molecular complexity index is 1210. The second kappa shape index (κ2) is 14.3. The minimum Gasteiger partial charge on any atom is -1.00 e. The van der Waals surface area contributed by atoms with Gasteiger partial charge in [-0.25, -0.2) is 0 Å². The molecular formula is C29H27Cl2N3O3Pd. The van der Waals surface area contributed by atoms with Crippen LogP contribution in [0.5, 0.6) is 0 Å². The number of nitrogens with zero attached hydrogens (tertiary/aromatic N) is 3. The van der Waals surface area contributed by atoms with Crippen molar-refractivity contribution >= 4 is 29.5 Å². The first kappa shape index (κ1) is 31.3. The Morgan fingerprint density at radius 3 is 1.47 bits per heavy atom. The van der Waals surface area contributed by atoms with Gasteiger partial charge in [-0.15, -0.1) is 0 Å². The molecule has 6 nitrogen and oxygen atoms in total. The van der Waals surface area contributed by atoms with Gasteiger partial charge in [0, 0.05) is 45.3 Å². The summed E-state index contributed by atoms with van der Waals surface area (Å²) in [4.78, 5) is 42.1. The Hall–Kier alpha value is -2.95. The molecule has 0 amide bonds. The number of carbonyl (C=O) groups excluding carboxylic acids is 3. The molecule has 200 valence electrons. The van der Waals surface area contributed by atoms with E-state index in [9.17, 15) is 14.4 Å². The van der Waals surface area contributed by atoms with Crippen LogP contribution in [0.1, 0.15) is 11.1 Å². The van der Waals surface area contributed by atoms with Gasteiger partial charge in [0.05, 0.1) is 5.70 Å². The average molecular weight is 643 g/mol. The van der Waals surface area contributed by atoms with Crippen LogP contribution in [0, 0.1) is 0 Å². The molecule has 4 aliphatic rings. The van der Waals surface area contributed by atoms with E-state index in [1.165, 1.54) is 6.08 Å². The number of Topliss-reactive ketones (excluding diaryl/α,β-unsaturated/α-hetero) is 1. The summed E-state index contributed by atoms with van der Waals surface area (Å²) in [6.07, 6.45) is 8.31. The molecule has 6 rings (SSSR count). The number of rotatable bonds is 7. The summed E-state index contributed by atoms with van der Waals surface area (Å²) in [6, 6.07) is 19.6. The van der Waals surface area contributed by atoms with Crippen LogP contribution in [0.25, 0.3) is 12.2 Å². The third kappa shape index (κ3) is 8.28. The third-order valence-electron chi connectivity index (χ3n) is 5.97. The second-order valence-electron chi connectivity index (χ2n) is 8.77. The molecule has 3 aliphatic heterocycles. The van der Waals surface area contributed by atoms with Gasteiger partial charge in [0.2, 0.25) is 11.6 Å². The summed E-state index contributed by atoms with van der Waals surface area (Å²) in [5, 5.41) is 0. The molecule has 0 radical (unpaired) electrons. The molecule has 2 aromatic carbocycles. The molecule has 0 spiro atoms. The fourth-order valence-corrected chi connectivity index (χ4v) is 3.82. The Kier molecular flexibility index (Phi) is 11.7. The van der Waals surface area contributed by atoms with Crippen LogP contribution in [0.15, 0.2) is 96.0 Å². The van der Waals surface area contributed by atoms with E-state index < -0.39 is 0 Å². The predicted octanol–water partition coefficient (Wildman–Crippen LogP) is -2.83. The molecule has 0 bridgehead atoms. The Balaban J connectivity index is 0.000000247. The van der Waals surface area contributed by atoms with E-state index in [1.807, 2.05) is 87.5 Å². The van der Waals surface area contributed by atoms with Gasteiger partial charge in [-0.05, 0) is 23.3 Å². The topological polar surface area (TPSA) is 60.2 Å². The van der Waals surface area contributed by atoms with Crippen LogP contribution < -0.4 is 24.8 Å². The van der Waals surface area contributed by atoms with Gasteiger partial charge in [-0.2, -0.15) is 0 Å². The number of hydrogen-bond acceptors (Lipinski definition) is 6. The third-order valence-corrected chi connectivity index (χ3v) is 5.97. The van der Waals surface area contributed by atoms with Crippen molar-refractivity contribution < 1.29 is 59.6 Å². The van der Waals surface area contributed by atoms with Crippen molar-refractivity contribution in [2.75, 3.05) is 39.3 Å². The standard InChI is InChI=1S/C17H14O.C12H13N3O2.2ClH.Pd/c18-17(13-11-15-7-3-1-4-8-15)14-12-16-9-5-2-6-10-16;16-9-7-8(13-1-2-13)12(17)11(15-5-6-15)10(9)14-3-4-14;;;/h1-14H;7H,1-6H2;2*1H;/q;;;;+2/p-2/b13-11-,14-12+;;;;. The maximum absolute atomic E-state index is 12.4. The first-order valence-corrected chi connectivity index (χ1v) is 11.9. The molecule has 3 heterocycles. The van der Waals surface area contributed by atoms with E-state index in [2.05, 4.69) is 0 Å². The van der Waals surface area contributed by atoms with Gasteiger partial charge < -0.3 is 39.5 Å². The molecule has 3 fully saturated rings. The Morgan fingerprint density at radius 2 is 1.05 bits per heavy atom.